The number of rotatable bonds is 1. The fourth-order valence-electron chi connectivity index (χ4n) is 3.38. The first kappa shape index (κ1) is 12.5. The number of piperidine rings is 1. The number of thiol groups is 1. The molecule has 0 spiro atoms. The molecule has 2 fully saturated rings. The predicted octanol–water partition coefficient (Wildman–Crippen LogP) is 3.69. The Morgan fingerprint density at radius 1 is 1.28 bits per heavy atom. The third-order valence-corrected chi connectivity index (χ3v) is 5.73. The van der Waals surface area contributed by atoms with Crippen LogP contribution in [0.4, 0.5) is 0 Å². The molecule has 0 bridgehead atoms. The maximum Gasteiger partial charge on any atom is 0.263 e. The number of thiophene rings is 1. The first-order valence-corrected chi connectivity index (χ1v) is 8.13. The normalized spacial score (nSPS) is 27.9. The van der Waals surface area contributed by atoms with Crippen molar-refractivity contribution < 1.29 is 4.79 Å². The Hall–Kier alpha value is -0.480. The molecule has 2 nitrogen and oxygen atoms in total. The van der Waals surface area contributed by atoms with Crippen LogP contribution in [0.3, 0.4) is 0 Å². The Kier molecular flexibility index (Phi) is 3.66. The van der Waals surface area contributed by atoms with Gasteiger partial charge in [0, 0.05) is 23.4 Å². The van der Waals surface area contributed by atoms with Crippen LogP contribution < -0.4 is 0 Å². The lowest BCUT2D eigenvalue weighted by Crippen LogP contribution is -2.44. The molecule has 0 N–H and O–H groups in total. The molecule has 1 amide bonds. The Balaban J connectivity index is 1.68. The third kappa shape index (κ3) is 2.45. The van der Waals surface area contributed by atoms with Crippen LogP contribution >= 0.6 is 24.0 Å². The number of carbonyl (C=O) groups excluding carboxylic acids is 1. The lowest BCUT2D eigenvalue weighted by atomic mass is 9.75. The monoisotopic (exact) mass is 281 g/mol. The molecule has 1 aromatic rings. The van der Waals surface area contributed by atoms with E-state index < -0.39 is 0 Å². The molecule has 2 atom stereocenters. The quantitative estimate of drug-likeness (QED) is 0.778. The minimum absolute atomic E-state index is 0.212. The molecule has 1 aliphatic carbocycles. The Bertz CT molecular complexity index is 443. The highest BCUT2D eigenvalue weighted by atomic mass is 32.1. The van der Waals surface area contributed by atoms with Gasteiger partial charge >= 0.3 is 0 Å². The second kappa shape index (κ2) is 5.25. The van der Waals surface area contributed by atoms with Crippen molar-refractivity contribution in [3.05, 3.63) is 16.3 Å². The van der Waals surface area contributed by atoms with Crippen LogP contribution in [0.1, 0.15) is 41.8 Å². The summed E-state index contributed by atoms with van der Waals surface area (Å²) in [5, 5.41) is 1.93. The van der Waals surface area contributed by atoms with Crippen LogP contribution in [-0.4, -0.2) is 23.9 Å². The zero-order valence-electron chi connectivity index (χ0n) is 10.5. The van der Waals surface area contributed by atoms with E-state index in [-0.39, 0.29) is 5.91 Å². The highest BCUT2D eigenvalue weighted by Gasteiger charge is 2.33. The van der Waals surface area contributed by atoms with Crippen LogP contribution in [0, 0.1) is 11.8 Å². The summed E-state index contributed by atoms with van der Waals surface area (Å²) in [5.74, 6) is 1.85. The number of hydrogen-bond donors (Lipinski definition) is 1. The molecular formula is C14H19NOS2. The van der Waals surface area contributed by atoms with Gasteiger partial charge in [0.15, 0.2) is 0 Å². The Morgan fingerprint density at radius 2 is 2.06 bits per heavy atom. The summed E-state index contributed by atoms with van der Waals surface area (Å²) in [6.07, 6.45) is 6.64. The minimum atomic E-state index is 0.212. The minimum Gasteiger partial charge on any atom is -0.338 e. The van der Waals surface area contributed by atoms with Gasteiger partial charge in [-0.15, -0.1) is 24.0 Å². The molecule has 0 radical (unpaired) electrons. The van der Waals surface area contributed by atoms with Crippen molar-refractivity contribution in [1.29, 1.82) is 0 Å². The fourth-order valence-corrected chi connectivity index (χ4v) is 4.49. The summed E-state index contributed by atoms with van der Waals surface area (Å²) >= 11 is 5.79. The van der Waals surface area contributed by atoms with E-state index in [2.05, 4.69) is 17.5 Å². The molecule has 2 unspecified atom stereocenters. The number of likely N-dealkylation sites (tertiary alicyclic amines) is 1. The Labute approximate surface area is 118 Å². The highest BCUT2D eigenvalue weighted by molar-refractivity contribution is 7.80. The molecule has 1 saturated carbocycles. The van der Waals surface area contributed by atoms with Crippen molar-refractivity contribution in [1.82, 2.24) is 4.90 Å². The zero-order chi connectivity index (χ0) is 12.5. The molecule has 2 heterocycles. The molecule has 98 valence electrons. The van der Waals surface area contributed by atoms with Crippen molar-refractivity contribution in [2.75, 3.05) is 13.1 Å². The molecule has 1 saturated heterocycles. The van der Waals surface area contributed by atoms with Gasteiger partial charge in [-0.25, -0.2) is 0 Å². The van der Waals surface area contributed by atoms with E-state index >= 15 is 0 Å². The second-order valence-corrected chi connectivity index (χ2v) is 6.94. The molecule has 1 aliphatic heterocycles. The van der Waals surface area contributed by atoms with Gasteiger partial charge in [0.1, 0.15) is 0 Å². The van der Waals surface area contributed by atoms with E-state index in [9.17, 15) is 4.79 Å². The largest absolute Gasteiger partial charge is 0.338 e. The van der Waals surface area contributed by atoms with Crippen LogP contribution in [0.2, 0.25) is 0 Å². The number of amides is 1. The average molecular weight is 281 g/mol. The third-order valence-electron chi connectivity index (χ3n) is 4.37. The second-order valence-electron chi connectivity index (χ2n) is 5.51. The van der Waals surface area contributed by atoms with Crippen molar-refractivity contribution >= 4 is 29.9 Å². The smallest absolute Gasteiger partial charge is 0.263 e. The number of hydrogen-bond acceptors (Lipinski definition) is 3. The topological polar surface area (TPSA) is 20.3 Å². The number of carbonyl (C=O) groups is 1. The summed E-state index contributed by atoms with van der Waals surface area (Å²) in [6, 6.07) is 1.89. The lowest BCUT2D eigenvalue weighted by Gasteiger charge is -2.41. The van der Waals surface area contributed by atoms with E-state index in [1.165, 1.54) is 43.4 Å². The first-order valence-electron chi connectivity index (χ1n) is 6.81. The van der Waals surface area contributed by atoms with Crippen LogP contribution in [0.15, 0.2) is 16.3 Å². The fraction of sp³-hybridized carbons (Fsp3) is 0.643. The maximum atomic E-state index is 12.4. The van der Waals surface area contributed by atoms with Crippen LogP contribution in [-0.2, 0) is 0 Å². The summed E-state index contributed by atoms with van der Waals surface area (Å²) in [4.78, 5) is 16.2. The van der Waals surface area contributed by atoms with E-state index in [0.29, 0.717) is 0 Å². The van der Waals surface area contributed by atoms with Crippen molar-refractivity contribution in [2.45, 2.75) is 37.0 Å². The molecule has 0 aromatic carbocycles. The first-order chi connectivity index (χ1) is 8.74. The molecule has 2 aliphatic rings. The maximum absolute atomic E-state index is 12.4. The van der Waals surface area contributed by atoms with E-state index in [4.69, 9.17) is 0 Å². The van der Waals surface area contributed by atoms with Crippen LogP contribution in [0.25, 0.3) is 0 Å². The van der Waals surface area contributed by atoms with Gasteiger partial charge < -0.3 is 4.90 Å². The van der Waals surface area contributed by atoms with E-state index in [0.717, 1.165) is 34.7 Å². The Morgan fingerprint density at radius 3 is 2.78 bits per heavy atom. The SMILES string of the molecule is O=C(c1cc(S)cs1)N1CCC2CCCCC2C1. The molecule has 1 aromatic heterocycles. The number of fused-ring (bicyclic) bond motifs is 1. The summed E-state index contributed by atoms with van der Waals surface area (Å²) < 4.78 is 0. The molecule has 18 heavy (non-hydrogen) atoms. The van der Waals surface area contributed by atoms with E-state index in [1.807, 2.05) is 11.4 Å². The van der Waals surface area contributed by atoms with Gasteiger partial charge in [-0.2, -0.15) is 0 Å². The molecule has 3 rings (SSSR count). The lowest BCUT2D eigenvalue weighted by molar-refractivity contribution is 0.0525. The summed E-state index contributed by atoms with van der Waals surface area (Å²) in [5.41, 5.74) is 0. The highest BCUT2D eigenvalue weighted by Crippen LogP contribution is 2.36. The van der Waals surface area contributed by atoms with Gasteiger partial charge in [-0.05, 0) is 30.7 Å². The average Bonchev–Trinajstić information content (AvgIpc) is 2.84. The summed E-state index contributed by atoms with van der Waals surface area (Å²) in [7, 11) is 0. The van der Waals surface area contributed by atoms with Gasteiger partial charge in [0.05, 0.1) is 4.88 Å². The molecule has 4 heteroatoms. The molecular weight excluding hydrogens is 262 g/mol. The van der Waals surface area contributed by atoms with Gasteiger partial charge in [0.2, 0.25) is 0 Å². The van der Waals surface area contributed by atoms with Gasteiger partial charge in [0.25, 0.3) is 5.91 Å². The predicted molar refractivity (Wildman–Crippen MR) is 77.5 cm³/mol. The number of nitrogens with zero attached hydrogens (tertiary/aromatic N) is 1. The van der Waals surface area contributed by atoms with Crippen molar-refractivity contribution in [3.8, 4) is 0 Å². The standard InChI is InChI=1S/C14H19NOS2/c16-14(13-7-12(17)9-18-13)15-6-5-10-3-1-2-4-11(10)8-15/h7,9-11,17H,1-6,8H2. The van der Waals surface area contributed by atoms with Crippen molar-refractivity contribution in [3.63, 3.8) is 0 Å². The van der Waals surface area contributed by atoms with E-state index in [1.54, 1.807) is 0 Å². The van der Waals surface area contributed by atoms with Gasteiger partial charge in [-0.3, -0.25) is 4.79 Å². The van der Waals surface area contributed by atoms with Crippen LogP contribution in [0.5, 0.6) is 0 Å². The van der Waals surface area contributed by atoms with Crippen molar-refractivity contribution in [2.24, 2.45) is 11.8 Å². The zero-order valence-corrected chi connectivity index (χ0v) is 12.2. The van der Waals surface area contributed by atoms with Gasteiger partial charge in [-0.1, -0.05) is 19.3 Å². The summed E-state index contributed by atoms with van der Waals surface area (Å²) in [6.45, 7) is 1.92.